The molecule has 1 aliphatic rings. The Bertz CT molecular complexity index is 396. The van der Waals surface area contributed by atoms with E-state index in [1.165, 1.54) is 0 Å². The third-order valence-electron chi connectivity index (χ3n) is 3.64. The van der Waals surface area contributed by atoms with Gasteiger partial charge in [0.15, 0.2) is 0 Å². The van der Waals surface area contributed by atoms with Crippen LogP contribution in [0, 0.1) is 0 Å². The first kappa shape index (κ1) is 14.8. The Morgan fingerprint density at radius 2 is 2.05 bits per heavy atom. The van der Waals surface area contributed by atoms with Crippen LogP contribution in [0.1, 0.15) is 25.5 Å². The number of nitrogens with two attached hydrogens (primary N) is 1. The van der Waals surface area contributed by atoms with Crippen LogP contribution in [0.15, 0.2) is 24.3 Å². The second-order valence-corrected chi connectivity index (χ2v) is 5.63. The summed E-state index contributed by atoms with van der Waals surface area (Å²) in [5, 5.41) is 0.730. The largest absolute Gasteiger partial charge is 0.374 e. The lowest BCUT2D eigenvalue weighted by Crippen LogP contribution is -2.51. The summed E-state index contributed by atoms with van der Waals surface area (Å²) in [6.07, 6.45) is 0.0577. The first-order chi connectivity index (χ1) is 9.11. The molecule has 0 radical (unpaired) electrons. The quantitative estimate of drug-likeness (QED) is 0.655. The van der Waals surface area contributed by atoms with E-state index in [0.29, 0.717) is 6.04 Å². The minimum atomic E-state index is -0.0150. The number of rotatable bonds is 4. The van der Waals surface area contributed by atoms with Crippen molar-refractivity contribution in [3.8, 4) is 0 Å². The second kappa shape index (κ2) is 6.68. The lowest BCUT2D eigenvalue weighted by atomic mass is 10.00. The van der Waals surface area contributed by atoms with Crippen molar-refractivity contribution < 1.29 is 4.74 Å². The van der Waals surface area contributed by atoms with E-state index >= 15 is 0 Å². The fourth-order valence-electron chi connectivity index (χ4n) is 2.46. The summed E-state index contributed by atoms with van der Waals surface area (Å²) in [6.45, 7) is 7.01. The fourth-order valence-corrected chi connectivity index (χ4v) is 2.58. The Hall–Kier alpha value is -0.650. The van der Waals surface area contributed by atoms with Crippen LogP contribution in [-0.4, -0.2) is 36.7 Å². The summed E-state index contributed by atoms with van der Waals surface area (Å²) in [7, 11) is 0. The van der Waals surface area contributed by atoms with Gasteiger partial charge in [0, 0.05) is 24.2 Å². The molecule has 1 aliphatic heterocycles. The smallest absolute Gasteiger partial charge is 0.0909 e. The molecule has 5 heteroatoms. The molecule has 0 spiro atoms. The second-order valence-electron chi connectivity index (χ2n) is 5.19. The summed E-state index contributed by atoms with van der Waals surface area (Å²) in [5.74, 6) is 5.71. The highest BCUT2D eigenvalue weighted by atomic mass is 35.5. The molecule has 4 nitrogen and oxygen atoms in total. The number of nitrogens with zero attached hydrogens (tertiary/aromatic N) is 1. The van der Waals surface area contributed by atoms with Gasteiger partial charge in [-0.15, -0.1) is 0 Å². The zero-order valence-electron chi connectivity index (χ0n) is 11.5. The zero-order valence-corrected chi connectivity index (χ0v) is 12.2. The van der Waals surface area contributed by atoms with Gasteiger partial charge in [-0.2, -0.15) is 0 Å². The molecule has 0 aliphatic carbocycles. The van der Waals surface area contributed by atoms with E-state index in [-0.39, 0.29) is 12.1 Å². The van der Waals surface area contributed by atoms with Crippen LogP contribution in [0.4, 0.5) is 0 Å². The van der Waals surface area contributed by atoms with Crippen LogP contribution < -0.4 is 11.3 Å². The van der Waals surface area contributed by atoms with Gasteiger partial charge in [0.05, 0.1) is 18.8 Å². The number of hydrogen-bond donors (Lipinski definition) is 2. The molecule has 1 aromatic carbocycles. The molecule has 0 saturated carbocycles. The van der Waals surface area contributed by atoms with Gasteiger partial charge in [0.2, 0.25) is 0 Å². The minimum Gasteiger partial charge on any atom is -0.374 e. The number of hydrazine groups is 1. The number of morpholine rings is 1. The summed E-state index contributed by atoms with van der Waals surface area (Å²) in [5.41, 5.74) is 3.97. The standard InChI is InChI=1S/C14H22ClN3O/c1-10(2)18-7-8-19-13(9-18)14(17-16)11-3-5-12(15)6-4-11/h3-6,10,13-14,17H,7-9,16H2,1-2H3. The first-order valence-corrected chi connectivity index (χ1v) is 7.07. The number of hydrogen-bond acceptors (Lipinski definition) is 4. The van der Waals surface area contributed by atoms with Crippen molar-refractivity contribution >= 4 is 11.6 Å². The van der Waals surface area contributed by atoms with Crippen molar-refractivity contribution in [1.29, 1.82) is 0 Å². The molecular formula is C14H22ClN3O. The van der Waals surface area contributed by atoms with Crippen molar-refractivity contribution in [3.05, 3.63) is 34.9 Å². The molecule has 0 aromatic heterocycles. The topological polar surface area (TPSA) is 50.5 Å². The molecule has 0 amide bonds. The Labute approximate surface area is 119 Å². The molecule has 1 heterocycles. The zero-order chi connectivity index (χ0) is 13.8. The summed E-state index contributed by atoms with van der Waals surface area (Å²) >= 11 is 5.92. The molecule has 1 fully saturated rings. The average molecular weight is 284 g/mol. The lowest BCUT2D eigenvalue weighted by molar-refractivity contribution is -0.0561. The highest BCUT2D eigenvalue weighted by Crippen LogP contribution is 2.24. The monoisotopic (exact) mass is 283 g/mol. The third kappa shape index (κ3) is 3.68. The number of halogens is 1. The molecule has 2 atom stereocenters. The average Bonchev–Trinajstić information content (AvgIpc) is 2.42. The van der Waals surface area contributed by atoms with Crippen LogP contribution >= 0.6 is 11.6 Å². The maximum absolute atomic E-state index is 5.92. The number of benzene rings is 1. The minimum absolute atomic E-state index is 0.0150. The summed E-state index contributed by atoms with van der Waals surface area (Å²) < 4.78 is 5.88. The Morgan fingerprint density at radius 3 is 2.63 bits per heavy atom. The molecule has 1 aromatic rings. The third-order valence-corrected chi connectivity index (χ3v) is 3.89. The SMILES string of the molecule is CC(C)N1CCOC(C(NN)c2ccc(Cl)cc2)C1. The van der Waals surface area contributed by atoms with E-state index < -0.39 is 0 Å². The molecule has 3 N–H and O–H groups in total. The van der Waals surface area contributed by atoms with Crippen LogP contribution in [-0.2, 0) is 4.74 Å². The summed E-state index contributed by atoms with van der Waals surface area (Å²) in [4.78, 5) is 2.41. The Morgan fingerprint density at radius 1 is 1.37 bits per heavy atom. The van der Waals surface area contributed by atoms with E-state index in [2.05, 4.69) is 24.2 Å². The highest BCUT2D eigenvalue weighted by Gasteiger charge is 2.29. The molecule has 2 rings (SSSR count). The summed E-state index contributed by atoms with van der Waals surface area (Å²) in [6, 6.07) is 8.25. The van der Waals surface area contributed by atoms with Crippen molar-refractivity contribution in [2.24, 2.45) is 5.84 Å². The van der Waals surface area contributed by atoms with Crippen LogP contribution in [0.5, 0.6) is 0 Å². The van der Waals surface area contributed by atoms with Gasteiger partial charge in [0.25, 0.3) is 0 Å². The van der Waals surface area contributed by atoms with Crippen molar-refractivity contribution in [3.63, 3.8) is 0 Å². The van der Waals surface area contributed by atoms with E-state index in [4.69, 9.17) is 22.2 Å². The maximum atomic E-state index is 5.92. The Balaban J connectivity index is 2.10. The van der Waals surface area contributed by atoms with Crippen molar-refractivity contribution in [2.45, 2.75) is 32.0 Å². The van der Waals surface area contributed by atoms with E-state index in [9.17, 15) is 0 Å². The molecule has 2 unspecified atom stereocenters. The fraction of sp³-hybridized carbons (Fsp3) is 0.571. The first-order valence-electron chi connectivity index (χ1n) is 6.69. The molecular weight excluding hydrogens is 262 g/mol. The van der Waals surface area contributed by atoms with Gasteiger partial charge in [-0.25, -0.2) is 0 Å². The van der Waals surface area contributed by atoms with Crippen molar-refractivity contribution in [2.75, 3.05) is 19.7 Å². The Kier molecular flexibility index (Phi) is 5.19. The maximum Gasteiger partial charge on any atom is 0.0909 e. The molecule has 19 heavy (non-hydrogen) atoms. The lowest BCUT2D eigenvalue weighted by Gasteiger charge is -2.38. The van der Waals surface area contributed by atoms with E-state index in [1.54, 1.807) is 0 Å². The highest BCUT2D eigenvalue weighted by molar-refractivity contribution is 6.30. The van der Waals surface area contributed by atoms with Gasteiger partial charge in [-0.1, -0.05) is 23.7 Å². The number of nitrogens with one attached hydrogen (secondary N) is 1. The van der Waals surface area contributed by atoms with Crippen molar-refractivity contribution in [1.82, 2.24) is 10.3 Å². The van der Waals surface area contributed by atoms with Gasteiger partial charge in [-0.05, 0) is 31.5 Å². The normalized spacial score (nSPS) is 22.7. The van der Waals surface area contributed by atoms with Gasteiger partial charge >= 0.3 is 0 Å². The molecule has 1 saturated heterocycles. The molecule has 106 valence electrons. The van der Waals surface area contributed by atoms with Gasteiger partial charge in [0.1, 0.15) is 0 Å². The van der Waals surface area contributed by atoms with Gasteiger partial charge < -0.3 is 4.74 Å². The molecule has 0 bridgehead atoms. The van der Waals surface area contributed by atoms with Gasteiger partial charge in [-0.3, -0.25) is 16.2 Å². The van der Waals surface area contributed by atoms with E-state index in [0.717, 1.165) is 30.3 Å². The predicted octanol–water partition coefficient (Wildman–Crippen LogP) is 1.95. The van der Waals surface area contributed by atoms with Crippen LogP contribution in [0.3, 0.4) is 0 Å². The predicted molar refractivity (Wildman–Crippen MR) is 78.0 cm³/mol. The van der Waals surface area contributed by atoms with Crippen LogP contribution in [0.2, 0.25) is 5.02 Å². The number of ether oxygens (including phenoxy) is 1. The van der Waals surface area contributed by atoms with Crippen LogP contribution in [0.25, 0.3) is 0 Å². The van der Waals surface area contributed by atoms with E-state index in [1.807, 2.05) is 24.3 Å².